The minimum Gasteiger partial charge on any atom is -0.481 e. The first kappa shape index (κ1) is 15.2. The molecule has 1 aromatic heterocycles. The average Bonchev–Trinajstić information content (AvgIpc) is 3.27. The van der Waals surface area contributed by atoms with Gasteiger partial charge in [-0.05, 0) is 52.9 Å². The van der Waals surface area contributed by atoms with Crippen LogP contribution in [-0.2, 0) is 4.79 Å². The van der Waals surface area contributed by atoms with Gasteiger partial charge in [-0.2, -0.15) is 5.10 Å². The summed E-state index contributed by atoms with van der Waals surface area (Å²) in [4.78, 5) is 10.6. The van der Waals surface area contributed by atoms with Gasteiger partial charge < -0.3 is 10.8 Å². The molecule has 1 aromatic carbocycles. The van der Waals surface area contributed by atoms with Gasteiger partial charge in [-0.25, -0.2) is 4.68 Å². The van der Waals surface area contributed by atoms with Gasteiger partial charge >= 0.3 is 5.97 Å². The van der Waals surface area contributed by atoms with Crippen LogP contribution in [-0.4, -0.2) is 20.9 Å². The van der Waals surface area contributed by atoms with Crippen LogP contribution in [0.5, 0.6) is 0 Å². The van der Waals surface area contributed by atoms with Gasteiger partial charge in [0.15, 0.2) is 0 Å². The average molecular weight is 364 g/mol. The highest BCUT2D eigenvalue weighted by Gasteiger charge is 2.30. The zero-order chi connectivity index (χ0) is 15.7. The Morgan fingerprint density at radius 3 is 2.68 bits per heavy atom. The van der Waals surface area contributed by atoms with Crippen molar-refractivity contribution in [3.63, 3.8) is 0 Å². The molecule has 1 aliphatic rings. The number of carboxylic acid groups (broad SMARTS) is 1. The number of nitrogens with zero attached hydrogens (tertiary/aromatic N) is 2. The van der Waals surface area contributed by atoms with Gasteiger partial charge in [-0.1, -0.05) is 12.1 Å². The zero-order valence-electron chi connectivity index (χ0n) is 12.1. The molecule has 116 valence electrons. The minimum atomic E-state index is -0.817. The molecule has 3 rings (SSSR count). The molecule has 1 saturated carbocycles. The second kappa shape index (κ2) is 6.22. The predicted molar refractivity (Wildman–Crippen MR) is 87.0 cm³/mol. The fourth-order valence-corrected chi connectivity index (χ4v) is 3.16. The van der Waals surface area contributed by atoms with Crippen molar-refractivity contribution < 1.29 is 9.90 Å². The van der Waals surface area contributed by atoms with Crippen LogP contribution in [0, 0.1) is 0 Å². The topological polar surface area (TPSA) is 81.1 Å². The number of carboxylic acids is 1. The van der Waals surface area contributed by atoms with Crippen molar-refractivity contribution in [2.45, 2.75) is 37.6 Å². The van der Waals surface area contributed by atoms with Gasteiger partial charge in [0, 0.05) is 18.4 Å². The number of rotatable bonds is 6. The molecule has 0 aliphatic heterocycles. The summed E-state index contributed by atoms with van der Waals surface area (Å²) in [6, 6.07) is 7.63. The molecule has 2 aromatic rings. The third kappa shape index (κ3) is 3.23. The van der Waals surface area contributed by atoms with Gasteiger partial charge in [-0.3, -0.25) is 4.79 Å². The van der Waals surface area contributed by atoms with E-state index in [9.17, 15) is 4.79 Å². The quantitative estimate of drug-likeness (QED) is 0.824. The molecule has 22 heavy (non-hydrogen) atoms. The molecule has 0 spiro atoms. The van der Waals surface area contributed by atoms with E-state index in [4.69, 9.17) is 10.8 Å². The van der Waals surface area contributed by atoms with Crippen molar-refractivity contribution in [1.29, 1.82) is 0 Å². The van der Waals surface area contributed by atoms with Gasteiger partial charge in [0.25, 0.3) is 0 Å². The molecule has 5 nitrogen and oxygen atoms in total. The van der Waals surface area contributed by atoms with E-state index in [1.807, 2.05) is 35.1 Å². The Kier molecular flexibility index (Phi) is 4.31. The Balaban J connectivity index is 1.78. The Morgan fingerprint density at radius 2 is 2.09 bits per heavy atom. The molecule has 1 aliphatic carbocycles. The van der Waals surface area contributed by atoms with Crippen LogP contribution in [0.15, 0.2) is 34.9 Å². The standard InChI is InChI=1S/C16H18BrN3O2/c17-13-9-19-20(16(13)11-1-2-11)12-5-3-10(4-6-12)14(18)7-8-15(21)22/h3-6,9,11,14H,1-2,7-8,18H2,(H,21,22). The van der Waals surface area contributed by atoms with Crippen LogP contribution in [0.2, 0.25) is 0 Å². The molecule has 3 N–H and O–H groups in total. The van der Waals surface area contributed by atoms with E-state index >= 15 is 0 Å². The van der Waals surface area contributed by atoms with Crippen LogP contribution < -0.4 is 5.73 Å². The van der Waals surface area contributed by atoms with Crippen LogP contribution in [0.1, 0.15) is 48.9 Å². The Morgan fingerprint density at radius 1 is 1.41 bits per heavy atom. The number of aromatic nitrogens is 2. The molecule has 0 radical (unpaired) electrons. The molecule has 1 unspecified atom stereocenters. The highest BCUT2D eigenvalue weighted by Crippen LogP contribution is 2.43. The first-order valence-corrected chi connectivity index (χ1v) is 8.16. The second-order valence-corrected chi connectivity index (χ2v) is 6.55. The highest BCUT2D eigenvalue weighted by molar-refractivity contribution is 9.10. The molecular formula is C16H18BrN3O2. The maximum atomic E-state index is 10.6. The third-order valence-electron chi connectivity index (χ3n) is 3.96. The monoisotopic (exact) mass is 363 g/mol. The lowest BCUT2D eigenvalue weighted by Gasteiger charge is -2.12. The van der Waals surface area contributed by atoms with E-state index in [1.165, 1.54) is 18.5 Å². The number of carbonyl (C=O) groups is 1. The number of aliphatic carboxylic acids is 1. The lowest BCUT2D eigenvalue weighted by atomic mass is 10.0. The molecule has 1 heterocycles. The lowest BCUT2D eigenvalue weighted by Crippen LogP contribution is -2.12. The highest BCUT2D eigenvalue weighted by atomic mass is 79.9. The fourth-order valence-electron chi connectivity index (χ4n) is 2.58. The zero-order valence-corrected chi connectivity index (χ0v) is 13.7. The molecule has 0 amide bonds. The first-order valence-electron chi connectivity index (χ1n) is 7.37. The van der Waals surface area contributed by atoms with Crippen molar-refractivity contribution in [3.8, 4) is 5.69 Å². The van der Waals surface area contributed by atoms with Crippen molar-refractivity contribution in [2.24, 2.45) is 5.73 Å². The van der Waals surface area contributed by atoms with Gasteiger partial charge in [0.05, 0.1) is 22.1 Å². The SMILES string of the molecule is NC(CCC(=O)O)c1ccc(-n2ncc(Br)c2C2CC2)cc1. The lowest BCUT2D eigenvalue weighted by molar-refractivity contribution is -0.137. The number of nitrogens with two attached hydrogens (primary N) is 1. The van der Waals surface area contributed by atoms with E-state index in [0.29, 0.717) is 12.3 Å². The first-order chi connectivity index (χ1) is 10.6. The van der Waals surface area contributed by atoms with Crippen LogP contribution in [0.4, 0.5) is 0 Å². The van der Waals surface area contributed by atoms with Crippen molar-refractivity contribution in [3.05, 3.63) is 46.2 Å². The van der Waals surface area contributed by atoms with Gasteiger partial charge in [0.2, 0.25) is 0 Å². The molecule has 1 atom stereocenters. The number of benzene rings is 1. The van der Waals surface area contributed by atoms with Crippen LogP contribution in [0.3, 0.4) is 0 Å². The summed E-state index contributed by atoms with van der Waals surface area (Å²) in [5, 5.41) is 13.2. The molecule has 0 saturated heterocycles. The predicted octanol–water partition coefficient (Wildman–Crippen LogP) is 3.38. The van der Waals surface area contributed by atoms with Crippen molar-refractivity contribution in [1.82, 2.24) is 9.78 Å². The van der Waals surface area contributed by atoms with E-state index in [2.05, 4.69) is 21.0 Å². The maximum Gasteiger partial charge on any atom is 0.303 e. The van der Waals surface area contributed by atoms with E-state index in [1.54, 1.807) is 0 Å². The number of hydrogen-bond acceptors (Lipinski definition) is 3. The van der Waals surface area contributed by atoms with Crippen LogP contribution in [0.25, 0.3) is 5.69 Å². The molecule has 1 fully saturated rings. The van der Waals surface area contributed by atoms with Gasteiger partial charge in [-0.15, -0.1) is 0 Å². The Labute approximate surface area is 137 Å². The Hall–Kier alpha value is -1.66. The summed E-state index contributed by atoms with van der Waals surface area (Å²) in [5.74, 6) is -0.225. The second-order valence-electron chi connectivity index (χ2n) is 5.69. The summed E-state index contributed by atoms with van der Waals surface area (Å²) in [5.41, 5.74) is 9.21. The maximum absolute atomic E-state index is 10.6. The summed E-state index contributed by atoms with van der Waals surface area (Å²) < 4.78 is 3.02. The largest absolute Gasteiger partial charge is 0.481 e. The minimum absolute atomic E-state index is 0.0842. The van der Waals surface area contributed by atoms with Crippen molar-refractivity contribution in [2.75, 3.05) is 0 Å². The van der Waals surface area contributed by atoms with E-state index < -0.39 is 5.97 Å². The molecular weight excluding hydrogens is 346 g/mol. The fraction of sp³-hybridized carbons (Fsp3) is 0.375. The third-order valence-corrected chi connectivity index (χ3v) is 4.57. The summed E-state index contributed by atoms with van der Waals surface area (Å²) >= 11 is 3.57. The smallest absolute Gasteiger partial charge is 0.303 e. The summed E-state index contributed by atoms with van der Waals surface area (Å²) in [6.07, 6.45) is 4.78. The normalized spacial score (nSPS) is 15.7. The molecule has 0 bridgehead atoms. The van der Waals surface area contributed by atoms with E-state index in [0.717, 1.165) is 15.7 Å². The summed E-state index contributed by atoms with van der Waals surface area (Å²) in [6.45, 7) is 0. The Bertz CT molecular complexity index is 677. The van der Waals surface area contributed by atoms with E-state index in [-0.39, 0.29) is 12.5 Å². The number of halogens is 1. The molecule has 6 heteroatoms. The van der Waals surface area contributed by atoms with Crippen LogP contribution >= 0.6 is 15.9 Å². The van der Waals surface area contributed by atoms with Crippen molar-refractivity contribution >= 4 is 21.9 Å². The summed E-state index contributed by atoms with van der Waals surface area (Å²) in [7, 11) is 0. The van der Waals surface area contributed by atoms with Gasteiger partial charge in [0.1, 0.15) is 0 Å². The number of hydrogen-bond donors (Lipinski definition) is 2.